The van der Waals surface area contributed by atoms with Crippen LogP contribution < -0.4 is 10.6 Å². The predicted octanol–water partition coefficient (Wildman–Crippen LogP) is 1.73. The van der Waals surface area contributed by atoms with Crippen molar-refractivity contribution >= 4 is 11.8 Å². The van der Waals surface area contributed by atoms with E-state index in [1.165, 1.54) is 24.0 Å². The maximum atomic E-state index is 12.5. The Morgan fingerprint density at radius 3 is 2.44 bits per heavy atom. The molecule has 1 aromatic rings. The SMILES string of the molecule is O=C(NC(C=CC(=O)N1Cc2ccccc2C1)CC1CC1)C1CCN1. The summed E-state index contributed by atoms with van der Waals surface area (Å²) in [5.74, 6) is 0.769. The van der Waals surface area contributed by atoms with Gasteiger partial charge in [-0.1, -0.05) is 43.2 Å². The van der Waals surface area contributed by atoms with Crippen LogP contribution in [0, 0.1) is 5.92 Å². The van der Waals surface area contributed by atoms with Crippen molar-refractivity contribution in [3.63, 3.8) is 0 Å². The van der Waals surface area contributed by atoms with E-state index in [4.69, 9.17) is 0 Å². The summed E-state index contributed by atoms with van der Waals surface area (Å²) in [6.07, 6.45) is 7.83. The third kappa shape index (κ3) is 3.93. The summed E-state index contributed by atoms with van der Waals surface area (Å²) < 4.78 is 0. The lowest BCUT2D eigenvalue weighted by Gasteiger charge is -2.28. The Morgan fingerprint density at radius 2 is 1.88 bits per heavy atom. The number of nitrogens with one attached hydrogen (secondary N) is 2. The molecule has 1 aromatic carbocycles. The highest BCUT2D eigenvalue weighted by Crippen LogP contribution is 2.33. The Balaban J connectivity index is 1.35. The number of carbonyl (C=O) groups is 2. The molecule has 1 saturated carbocycles. The summed E-state index contributed by atoms with van der Waals surface area (Å²) >= 11 is 0. The Labute approximate surface area is 148 Å². The van der Waals surface area contributed by atoms with Crippen molar-refractivity contribution in [1.82, 2.24) is 15.5 Å². The van der Waals surface area contributed by atoms with Crippen LogP contribution in [0.2, 0.25) is 0 Å². The molecular weight excluding hydrogens is 314 g/mol. The number of hydrogen-bond acceptors (Lipinski definition) is 3. The summed E-state index contributed by atoms with van der Waals surface area (Å²) in [5, 5.41) is 6.22. The molecule has 2 heterocycles. The third-order valence-corrected chi connectivity index (χ3v) is 5.38. The van der Waals surface area contributed by atoms with E-state index in [0.29, 0.717) is 19.0 Å². The Morgan fingerprint density at radius 1 is 1.20 bits per heavy atom. The van der Waals surface area contributed by atoms with Gasteiger partial charge in [-0.25, -0.2) is 0 Å². The molecule has 2 aliphatic heterocycles. The molecule has 2 amide bonds. The molecule has 5 nitrogen and oxygen atoms in total. The van der Waals surface area contributed by atoms with E-state index in [1.54, 1.807) is 6.08 Å². The lowest BCUT2D eigenvalue weighted by molar-refractivity contribution is -0.127. The van der Waals surface area contributed by atoms with Crippen LogP contribution in [0.4, 0.5) is 0 Å². The number of benzene rings is 1. The van der Waals surface area contributed by atoms with E-state index in [0.717, 1.165) is 19.4 Å². The molecule has 1 aliphatic carbocycles. The second-order valence-electron chi connectivity index (χ2n) is 7.41. The normalized spacial score (nSPS) is 23.2. The second-order valence-corrected chi connectivity index (χ2v) is 7.41. The summed E-state index contributed by atoms with van der Waals surface area (Å²) in [4.78, 5) is 26.6. The molecule has 0 bridgehead atoms. The fourth-order valence-corrected chi connectivity index (χ4v) is 3.49. The fourth-order valence-electron chi connectivity index (χ4n) is 3.49. The number of amides is 2. The summed E-state index contributed by atoms with van der Waals surface area (Å²) in [7, 11) is 0. The topological polar surface area (TPSA) is 61.4 Å². The van der Waals surface area contributed by atoms with Crippen molar-refractivity contribution in [2.45, 2.75) is 50.9 Å². The molecule has 0 spiro atoms. The van der Waals surface area contributed by atoms with Gasteiger partial charge in [0.05, 0.1) is 6.04 Å². The van der Waals surface area contributed by atoms with Crippen LogP contribution in [0.3, 0.4) is 0 Å². The highest BCUT2D eigenvalue weighted by atomic mass is 16.2. The quantitative estimate of drug-likeness (QED) is 0.776. The van der Waals surface area contributed by atoms with E-state index in [1.807, 2.05) is 23.1 Å². The van der Waals surface area contributed by atoms with E-state index < -0.39 is 0 Å². The van der Waals surface area contributed by atoms with Gasteiger partial charge in [0.25, 0.3) is 0 Å². The van der Waals surface area contributed by atoms with Crippen molar-refractivity contribution in [2.75, 3.05) is 6.54 Å². The fraction of sp³-hybridized carbons (Fsp3) is 0.500. The van der Waals surface area contributed by atoms with Gasteiger partial charge in [0.1, 0.15) is 0 Å². The van der Waals surface area contributed by atoms with Gasteiger partial charge in [-0.2, -0.15) is 0 Å². The molecule has 3 aliphatic rings. The second kappa shape index (κ2) is 7.00. The van der Waals surface area contributed by atoms with Gasteiger partial charge in [-0.3, -0.25) is 9.59 Å². The first kappa shape index (κ1) is 16.3. The van der Waals surface area contributed by atoms with E-state index in [-0.39, 0.29) is 23.9 Å². The Bertz CT molecular complexity index is 667. The average molecular weight is 339 g/mol. The van der Waals surface area contributed by atoms with Crippen LogP contribution >= 0.6 is 0 Å². The van der Waals surface area contributed by atoms with Crippen molar-refractivity contribution in [3.8, 4) is 0 Å². The maximum absolute atomic E-state index is 12.5. The van der Waals surface area contributed by atoms with Gasteiger partial charge in [0.15, 0.2) is 0 Å². The zero-order chi connectivity index (χ0) is 17.2. The number of carbonyl (C=O) groups excluding carboxylic acids is 2. The molecule has 2 fully saturated rings. The zero-order valence-corrected chi connectivity index (χ0v) is 14.4. The van der Waals surface area contributed by atoms with E-state index in [9.17, 15) is 9.59 Å². The zero-order valence-electron chi connectivity index (χ0n) is 14.4. The number of rotatable bonds is 6. The maximum Gasteiger partial charge on any atom is 0.246 e. The highest BCUT2D eigenvalue weighted by molar-refractivity contribution is 5.88. The molecule has 25 heavy (non-hydrogen) atoms. The summed E-state index contributed by atoms with van der Waals surface area (Å²) in [5.41, 5.74) is 2.45. The molecule has 4 rings (SSSR count). The number of nitrogens with zero attached hydrogens (tertiary/aromatic N) is 1. The van der Waals surface area contributed by atoms with Crippen LogP contribution in [-0.4, -0.2) is 35.3 Å². The van der Waals surface area contributed by atoms with Crippen LogP contribution in [0.1, 0.15) is 36.8 Å². The van der Waals surface area contributed by atoms with Crippen molar-refractivity contribution in [1.29, 1.82) is 0 Å². The van der Waals surface area contributed by atoms with Crippen LogP contribution in [0.25, 0.3) is 0 Å². The smallest absolute Gasteiger partial charge is 0.246 e. The molecule has 132 valence electrons. The standard InChI is InChI=1S/C20H25N3O2/c24-19(23-12-15-3-1-2-4-16(15)13-23)8-7-17(11-14-5-6-14)22-20(25)18-9-10-21-18/h1-4,7-8,14,17-18,21H,5-6,9-13H2,(H,22,25). The number of fused-ring (bicyclic) bond motifs is 1. The first-order chi connectivity index (χ1) is 12.2. The van der Waals surface area contributed by atoms with Crippen LogP contribution in [0.15, 0.2) is 36.4 Å². The molecule has 2 atom stereocenters. The van der Waals surface area contributed by atoms with Crippen molar-refractivity contribution in [2.24, 2.45) is 5.92 Å². The first-order valence-electron chi connectivity index (χ1n) is 9.26. The van der Waals surface area contributed by atoms with Gasteiger partial charge in [0.2, 0.25) is 11.8 Å². The largest absolute Gasteiger partial charge is 0.349 e. The van der Waals surface area contributed by atoms with Crippen molar-refractivity contribution < 1.29 is 9.59 Å². The lowest BCUT2D eigenvalue weighted by atomic mass is 10.0. The highest BCUT2D eigenvalue weighted by Gasteiger charge is 2.29. The van der Waals surface area contributed by atoms with Crippen LogP contribution in [-0.2, 0) is 22.7 Å². The minimum atomic E-state index is -0.0566. The molecule has 2 N–H and O–H groups in total. The molecular formula is C20H25N3O2. The van der Waals surface area contributed by atoms with Gasteiger partial charge in [-0.15, -0.1) is 0 Å². The average Bonchev–Trinajstić information content (AvgIpc) is 3.25. The molecule has 0 radical (unpaired) electrons. The third-order valence-electron chi connectivity index (χ3n) is 5.38. The predicted molar refractivity (Wildman–Crippen MR) is 95.5 cm³/mol. The monoisotopic (exact) mass is 339 g/mol. The van der Waals surface area contributed by atoms with Crippen molar-refractivity contribution in [3.05, 3.63) is 47.5 Å². The van der Waals surface area contributed by atoms with Crippen LogP contribution in [0.5, 0.6) is 0 Å². The lowest BCUT2D eigenvalue weighted by Crippen LogP contribution is -2.54. The Kier molecular flexibility index (Phi) is 4.57. The molecule has 2 unspecified atom stereocenters. The number of hydrogen-bond donors (Lipinski definition) is 2. The Hall–Kier alpha value is -2.14. The molecule has 5 heteroatoms. The molecule has 0 aromatic heterocycles. The van der Waals surface area contributed by atoms with Gasteiger partial charge in [0, 0.05) is 25.2 Å². The minimum absolute atomic E-state index is 0.0213. The van der Waals surface area contributed by atoms with Gasteiger partial charge < -0.3 is 15.5 Å². The van der Waals surface area contributed by atoms with E-state index >= 15 is 0 Å². The molecule has 1 saturated heterocycles. The van der Waals surface area contributed by atoms with E-state index in [2.05, 4.69) is 22.8 Å². The minimum Gasteiger partial charge on any atom is -0.349 e. The van der Waals surface area contributed by atoms with Gasteiger partial charge in [-0.05, 0) is 36.4 Å². The summed E-state index contributed by atoms with van der Waals surface area (Å²) in [6.45, 7) is 2.26. The summed E-state index contributed by atoms with van der Waals surface area (Å²) in [6, 6.07) is 8.08. The first-order valence-corrected chi connectivity index (χ1v) is 9.26. The van der Waals surface area contributed by atoms with Gasteiger partial charge >= 0.3 is 0 Å².